The van der Waals surface area contributed by atoms with Crippen LogP contribution in [0.2, 0.25) is 0 Å². The molecule has 0 aliphatic rings. The molecule has 0 aliphatic heterocycles. The molecular weight excluding hydrogens is 477 g/mol. The van der Waals surface area contributed by atoms with Gasteiger partial charge in [0.2, 0.25) is 0 Å². The van der Waals surface area contributed by atoms with Gasteiger partial charge in [0.25, 0.3) is 0 Å². The first-order valence-electron chi connectivity index (χ1n) is 8.84. The van der Waals surface area contributed by atoms with Crippen LogP contribution in [0.3, 0.4) is 0 Å². The van der Waals surface area contributed by atoms with Crippen LogP contribution in [0.5, 0.6) is 0 Å². The molecule has 0 aliphatic carbocycles. The molecule has 0 heterocycles. The fourth-order valence-electron chi connectivity index (χ4n) is 2.11. The normalized spacial score (nSPS) is 11.5. The van der Waals surface area contributed by atoms with Gasteiger partial charge in [0.05, 0.1) is 5.41 Å². The van der Waals surface area contributed by atoms with Gasteiger partial charge in [-0.15, -0.1) is 0 Å². The third-order valence-corrected chi connectivity index (χ3v) is 4.17. The van der Waals surface area contributed by atoms with Gasteiger partial charge in [-0.05, 0) is 62.8 Å². The van der Waals surface area contributed by atoms with E-state index in [9.17, 15) is 14.4 Å². The van der Waals surface area contributed by atoms with Crippen molar-refractivity contribution in [2.45, 2.75) is 46.8 Å². The van der Waals surface area contributed by atoms with Crippen molar-refractivity contribution in [1.82, 2.24) is 4.90 Å². The Hall–Kier alpha value is -1.84. The lowest BCUT2D eigenvalue weighted by molar-refractivity contribution is -0.160. The number of halogens is 1. The molecule has 7 nitrogen and oxygen atoms in total. The topological polar surface area (TPSA) is 82.1 Å². The van der Waals surface area contributed by atoms with Crippen LogP contribution in [0.15, 0.2) is 30.3 Å². The van der Waals surface area contributed by atoms with Crippen molar-refractivity contribution < 1.29 is 28.6 Å². The highest BCUT2D eigenvalue weighted by atomic mass is 127. The van der Waals surface area contributed by atoms with Crippen LogP contribution < -0.4 is 0 Å². The van der Waals surface area contributed by atoms with Crippen molar-refractivity contribution in [3.8, 4) is 0 Å². The molecule has 0 radical (unpaired) electrons. The number of amides is 1. The maximum atomic E-state index is 12.5. The molecule has 8 heteroatoms. The molecule has 28 heavy (non-hydrogen) atoms. The van der Waals surface area contributed by atoms with Crippen molar-refractivity contribution in [3.05, 3.63) is 35.9 Å². The van der Waals surface area contributed by atoms with Gasteiger partial charge in [-0.3, -0.25) is 14.5 Å². The molecule has 0 aromatic heterocycles. The lowest BCUT2D eigenvalue weighted by Gasteiger charge is -2.34. The van der Waals surface area contributed by atoms with Crippen LogP contribution in [-0.2, 0) is 30.4 Å². The number of nitrogens with zero attached hydrogens (tertiary/aromatic N) is 1. The molecule has 0 N–H and O–H groups in total. The van der Waals surface area contributed by atoms with E-state index in [0.717, 1.165) is 5.56 Å². The summed E-state index contributed by atoms with van der Waals surface area (Å²) >= 11 is 1.92. The van der Waals surface area contributed by atoms with Gasteiger partial charge in [0, 0.05) is 5.54 Å². The van der Waals surface area contributed by atoms with E-state index in [1.807, 2.05) is 52.9 Å². The maximum absolute atomic E-state index is 12.5. The van der Waals surface area contributed by atoms with Gasteiger partial charge >= 0.3 is 18.0 Å². The van der Waals surface area contributed by atoms with Crippen LogP contribution in [0.4, 0.5) is 4.79 Å². The fourth-order valence-corrected chi connectivity index (χ4v) is 2.40. The maximum Gasteiger partial charge on any atom is 0.411 e. The average Bonchev–Trinajstić information content (AvgIpc) is 2.62. The van der Waals surface area contributed by atoms with E-state index >= 15 is 0 Å². The quantitative estimate of drug-likeness (QED) is 0.231. The third-order valence-electron chi connectivity index (χ3n) is 3.85. The highest BCUT2D eigenvalue weighted by molar-refractivity contribution is 14.1. The van der Waals surface area contributed by atoms with E-state index in [1.165, 1.54) is 4.90 Å². The molecule has 0 fully saturated rings. The van der Waals surface area contributed by atoms with Gasteiger partial charge < -0.3 is 14.2 Å². The molecule has 1 aromatic carbocycles. The van der Waals surface area contributed by atoms with Gasteiger partial charge in [-0.2, -0.15) is 0 Å². The Morgan fingerprint density at radius 2 is 1.57 bits per heavy atom. The Morgan fingerprint density at radius 1 is 0.964 bits per heavy atom. The molecular formula is C20H28INO6. The van der Waals surface area contributed by atoms with Crippen molar-refractivity contribution >= 4 is 40.6 Å². The zero-order valence-electron chi connectivity index (χ0n) is 17.0. The van der Waals surface area contributed by atoms with E-state index < -0.39 is 29.0 Å². The molecule has 1 rings (SSSR count). The summed E-state index contributed by atoms with van der Waals surface area (Å²) in [5.74, 6) is -1.08. The summed E-state index contributed by atoms with van der Waals surface area (Å²) in [6.07, 6.45) is -0.614. The van der Waals surface area contributed by atoms with Crippen LogP contribution in [0.1, 0.15) is 40.2 Å². The Balaban J connectivity index is 2.66. The van der Waals surface area contributed by atoms with E-state index in [-0.39, 0.29) is 24.4 Å². The predicted octanol–water partition coefficient (Wildman–Crippen LogP) is 3.93. The molecule has 0 spiro atoms. The summed E-state index contributed by atoms with van der Waals surface area (Å²) in [5.41, 5.74) is -0.772. The minimum absolute atomic E-state index is 0.108. The van der Waals surface area contributed by atoms with E-state index in [4.69, 9.17) is 14.2 Å². The first kappa shape index (κ1) is 24.2. The Kier molecular flexibility index (Phi) is 9.19. The van der Waals surface area contributed by atoms with Crippen molar-refractivity contribution in [1.29, 1.82) is 0 Å². The summed E-state index contributed by atoms with van der Waals surface area (Å²) in [5, 5.41) is 0. The third kappa shape index (κ3) is 8.04. The summed E-state index contributed by atoms with van der Waals surface area (Å²) in [4.78, 5) is 38.0. The molecule has 1 aromatic rings. The summed E-state index contributed by atoms with van der Waals surface area (Å²) in [7, 11) is 0. The van der Waals surface area contributed by atoms with Gasteiger partial charge in [-0.1, -0.05) is 30.3 Å². The van der Waals surface area contributed by atoms with E-state index in [2.05, 4.69) is 0 Å². The second-order valence-electron chi connectivity index (χ2n) is 7.88. The number of benzene rings is 1. The van der Waals surface area contributed by atoms with Crippen molar-refractivity contribution in [3.63, 3.8) is 0 Å². The number of rotatable bonds is 8. The van der Waals surface area contributed by atoms with Crippen LogP contribution in [-0.4, -0.2) is 46.2 Å². The number of esters is 2. The lowest BCUT2D eigenvalue weighted by atomic mass is 9.95. The predicted molar refractivity (Wildman–Crippen MR) is 113 cm³/mol. The number of carbonyl (C=O) groups excluding carboxylic acids is 3. The summed E-state index contributed by atoms with van der Waals surface area (Å²) in [6.45, 7) is 8.34. The number of alkyl halides is 1. The van der Waals surface area contributed by atoms with Gasteiger partial charge in [-0.25, -0.2) is 4.79 Å². The Labute approximate surface area is 179 Å². The van der Waals surface area contributed by atoms with Gasteiger partial charge in [0.1, 0.15) is 24.4 Å². The fraction of sp³-hybridized carbons (Fsp3) is 0.550. The highest BCUT2D eigenvalue weighted by Crippen LogP contribution is 2.20. The van der Waals surface area contributed by atoms with Crippen LogP contribution in [0.25, 0.3) is 0 Å². The molecule has 1 amide bonds. The SMILES string of the molecule is CC(C)(COC(=O)CN(C(=O)OCc1ccccc1)C(C)(C)C)C(=O)OCI. The minimum Gasteiger partial charge on any atom is -0.463 e. The average molecular weight is 505 g/mol. The van der Waals surface area contributed by atoms with Crippen molar-refractivity contribution in [2.24, 2.45) is 5.41 Å². The minimum atomic E-state index is -0.971. The number of carbonyl (C=O) groups is 3. The second-order valence-corrected chi connectivity index (χ2v) is 8.51. The second kappa shape index (κ2) is 10.6. The zero-order chi connectivity index (χ0) is 21.4. The van der Waals surface area contributed by atoms with Crippen molar-refractivity contribution in [2.75, 3.05) is 17.8 Å². The Bertz CT molecular complexity index is 669. The molecule has 0 saturated carbocycles. The first-order valence-corrected chi connectivity index (χ1v) is 10.4. The molecule has 0 bridgehead atoms. The Morgan fingerprint density at radius 3 is 2.11 bits per heavy atom. The van der Waals surface area contributed by atoms with E-state index in [1.54, 1.807) is 34.6 Å². The smallest absolute Gasteiger partial charge is 0.411 e. The van der Waals surface area contributed by atoms with Crippen LogP contribution in [0, 0.1) is 5.41 Å². The lowest BCUT2D eigenvalue weighted by Crippen LogP contribution is -2.49. The standard InChI is InChI=1S/C20H28INO6/c1-19(2,3)22(18(25)26-12-15-9-7-6-8-10-15)11-16(23)27-13-20(4,5)17(24)28-14-21/h6-10H,11-14H2,1-5H3. The zero-order valence-corrected chi connectivity index (χ0v) is 19.1. The highest BCUT2D eigenvalue weighted by Gasteiger charge is 2.34. The summed E-state index contributed by atoms with van der Waals surface area (Å²) in [6, 6.07) is 9.28. The number of hydrogen-bond donors (Lipinski definition) is 0. The largest absolute Gasteiger partial charge is 0.463 e. The summed E-state index contributed by atoms with van der Waals surface area (Å²) < 4.78 is 15.7. The van der Waals surface area contributed by atoms with E-state index in [0.29, 0.717) is 0 Å². The number of hydrogen-bond acceptors (Lipinski definition) is 6. The molecule has 0 unspecified atom stereocenters. The van der Waals surface area contributed by atoms with Crippen LogP contribution >= 0.6 is 22.6 Å². The van der Waals surface area contributed by atoms with Gasteiger partial charge in [0.15, 0.2) is 0 Å². The monoisotopic (exact) mass is 505 g/mol. The molecule has 0 saturated heterocycles. The molecule has 156 valence electrons. The number of ether oxygens (including phenoxy) is 3. The molecule has 0 atom stereocenters. The first-order chi connectivity index (χ1) is 13.0.